The number of benzene rings is 1. The summed E-state index contributed by atoms with van der Waals surface area (Å²) in [5.74, 6) is -0.274. The van der Waals surface area contributed by atoms with E-state index in [1.54, 1.807) is 0 Å². The van der Waals surface area contributed by atoms with Gasteiger partial charge in [-0.05, 0) is 36.8 Å². The molecule has 0 aromatic heterocycles. The molecule has 2 unspecified atom stereocenters. The summed E-state index contributed by atoms with van der Waals surface area (Å²) in [6.07, 6.45) is 3.22. The van der Waals surface area contributed by atoms with Crippen LogP contribution in [0.4, 0.5) is 4.39 Å². The molecular weight excluding hydrogens is 269 g/mol. The van der Waals surface area contributed by atoms with Gasteiger partial charge in [0.2, 0.25) is 0 Å². The fourth-order valence-electron chi connectivity index (χ4n) is 2.64. The number of rotatable bonds is 4. The molecule has 19 heavy (non-hydrogen) atoms. The summed E-state index contributed by atoms with van der Waals surface area (Å²) in [5.41, 5.74) is -0.289. The SMILES string of the molecule is O=C(NCC1CCCC1CCl)c1c(O)cccc1F. The second-order valence-electron chi connectivity index (χ2n) is 4.95. The second kappa shape index (κ2) is 6.24. The first-order valence-electron chi connectivity index (χ1n) is 6.45. The Morgan fingerprint density at radius 2 is 2.16 bits per heavy atom. The zero-order valence-electron chi connectivity index (χ0n) is 10.5. The highest BCUT2D eigenvalue weighted by Crippen LogP contribution is 2.32. The fraction of sp³-hybridized carbons (Fsp3) is 0.500. The molecule has 1 aromatic carbocycles. The Labute approximate surface area is 116 Å². The second-order valence-corrected chi connectivity index (χ2v) is 5.26. The van der Waals surface area contributed by atoms with Crippen molar-refractivity contribution in [2.45, 2.75) is 19.3 Å². The van der Waals surface area contributed by atoms with Crippen molar-refractivity contribution in [3.05, 3.63) is 29.6 Å². The molecule has 1 saturated carbocycles. The maximum atomic E-state index is 13.5. The third-order valence-electron chi connectivity index (χ3n) is 3.76. The number of amides is 1. The minimum absolute atomic E-state index is 0.289. The lowest BCUT2D eigenvalue weighted by molar-refractivity contribution is 0.0937. The molecule has 0 aliphatic heterocycles. The first-order chi connectivity index (χ1) is 9.13. The van der Waals surface area contributed by atoms with Gasteiger partial charge in [0.15, 0.2) is 0 Å². The van der Waals surface area contributed by atoms with Gasteiger partial charge in [-0.3, -0.25) is 4.79 Å². The summed E-state index contributed by atoms with van der Waals surface area (Å²) < 4.78 is 13.5. The van der Waals surface area contributed by atoms with Crippen LogP contribution in [0.15, 0.2) is 18.2 Å². The minimum atomic E-state index is -0.710. The van der Waals surface area contributed by atoms with Crippen LogP contribution in [-0.2, 0) is 0 Å². The van der Waals surface area contributed by atoms with Crippen LogP contribution in [0.5, 0.6) is 5.75 Å². The number of carbonyl (C=O) groups is 1. The van der Waals surface area contributed by atoms with E-state index in [2.05, 4.69) is 5.32 Å². The van der Waals surface area contributed by atoms with Crippen molar-refractivity contribution in [1.82, 2.24) is 5.32 Å². The summed E-state index contributed by atoms with van der Waals surface area (Å²) in [6, 6.07) is 3.82. The van der Waals surface area contributed by atoms with Gasteiger partial charge in [0, 0.05) is 12.4 Å². The third kappa shape index (κ3) is 3.18. The summed E-state index contributed by atoms with van der Waals surface area (Å²) >= 11 is 5.87. The topological polar surface area (TPSA) is 49.3 Å². The molecule has 2 atom stereocenters. The van der Waals surface area contributed by atoms with Crippen molar-refractivity contribution in [2.75, 3.05) is 12.4 Å². The summed E-state index contributed by atoms with van der Waals surface area (Å²) in [5, 5.41) is 12.2. The van der Waals surface area contributed by atoms with Crippen molar-refractivity contribution in [3.63, 3.8) is 0 Å². The maximum Gasteiger partial charge on any atom is 0.258 e. The van der Waals surface area contributed by atoms with Gasteiger partial charge in [-0.1, -0.05) is 12.5 Å². The first-order valence-corrected chi connectivity index (χ1v) is 6.98. The zero-order chi connectivity index (χ0) is 13.8. The number of phenolic OH excluding ortho intramolecular Hbond substituents is 1. The van der Waals surface area contributed by atoms with Crippen LogP contribution in [-0.4, -0.2) is 23.4 Å². The first kappa shape index (κ1) is 14.1. The van der Waals surface area contributed by atoms with E-state index in [0.717, 1.165) is 25.3 Å². The molecule has 0 radical (unpaired) electrons. The monoisotopic (exact) mass is 285 g/mol. The summed E-state index contributed by atoms with van der Waals surface area (Å²) in [6.45, 7) is 0.476. The van der Waals surface area contributed by atoms with Crippen molar-refractivity contribution in [3.8, 4) is 5.75 Å². The zero-order valence-corrected chi connectivity index (χ0v) is 11.3. The number of hydrogen-bond acceptors (Lipinski definition) is 2. The van der Waals surface area contributed by atoms with E-state index in [4.69, 9.17) is 11.6 Å². The van der Waals surface area contributed by atoms with Gasteiger partial charge in [0.1, 0.15) is 17.1 Å². The van der Waals surface area contributed by atoms with Gasteiger partial charge >= 0.3 is 0 Å². The standard InChI is InChI=1S/C14H17ClFNO2/c15-7-9-3-1-4-10(9)8-17-14(19)13-11(16)5-2-6-12(13)18/h2,5-6,9-10,18H,1,3-4,7-8H2,(H,17,19). The Hall–Kier alpha value is -1.29. The molecule has 2 N–H and O–H groups in total. The van der Waals surface area contributed by atoms with Crippen molar-refractivity contribution >= 4 is 17.5 Å². The molecule has 0 heterocycles. The highest BCUT2D eigenvalue weighted by atomic mass is 35.5. The van der Waals surface area contributed by atoms with Gasteiger partial charge < -0.3 is 10.4 Å². The Bertz CT molecular complexity index is 447. The van der Waals surface area contributed by atoms with Crippen LogP contribution in [0.3, 0.4) is 0 Å². The van der Waals surface area contributed by atoms with Crippen molar-refractivity contribution in [1.29, 1.82) is 0 Å². The molecule has 0 saturated heterocycles. The van der Waals surface area contributed by atoms with Gasteiger partial charge in [0.25, 0.3) is 5.91 Å². The van der Waals surface area contributed by atoms with Crippen LogP contribution in [0.25, 0.3) is 0 Å². The van der Waals surface area contributed by atoms with Crippen molar-refractivity contribution < 1.29 is 14.3 Å². The van der Waals surface area contributed by atoms with Crippen LogP contribution < -0.4 is 5.32 Å². The van der Waals surface area contributed by atoms with Gasteiger partial charge in [0.05, 0.1) is 0 Å². The van der Waals surface area contributed by atoms with Gasteiger partial charge in [-0.15, -0.1) is 11.6 Å². The molecule has 2 rings (SSSR count). The smallest absolute Gasteiger partial charge is 0.258 e. The lowest BCUT2D eigenvalue weighted by Crippen LogP contribution is -2.31. The Morgan fingerprint density at radius 1 is 1.42 bits per heavy atom. The quantitative estimate of drug-likeness (QED) is 0.836. The molecule has 1 aliphatic rings. The number of hydrogen-bond donors (Lipinski definition) is 2. The fourth-order valence-corrected chi connectivity index (χ4v) is 3.04. The van der Waals surface area contributed by atoms with E-state index in [0.29, 0.717) is 24.3 Å². The van der Waals surface area contributed by atoms with Gasteiger partial charge in [-0.2, -0.15) is 0 Å². The van der Waals surface area contributed by atoms with Crippen LogP contribution in [0.2, 0.25) is 0 Å². The van der Waals surface area contributed by atoms with E-state index in [1.165, 1.54) is 12.1 Å². The molecule has 1 fully saturated rings. The number of nitrogens with one attached hydrogen (secondary N) is 1. The molecular formula is C14H17ClFNO2. The largest absolute Gasteiger partial charge is 0.507 e. The molecule has 1 aliphatic carbocycles. The average Bonchev–Trinajstić information content (AvgIpc) is 2.83. The van der Waals surface area contributed by atoms with E-state index >= 15 is 0 Å². The van der Waals surface area contributed by atoms with E-state index in [-0.39, 0.29) is 11.3 Å². The van der Waals surface area contributed by atoms with E-state index < -0.39 is 11.7 Å². The Morgan fingerprint density at radius 3 is 2.84 bits per heavy atom. The summed E-state index contributed by atoms with van der Waals surface area (Å²) in [7, 11) is 0. The van der Waals surface area contributed by atoms with Crippen molar-refractivity contribution in [2.24, 2.45) is 11.8 Å². The predicted molar refractivity (Wildman–Crippen MR) is 71.9 cm³/mol. The van der Waals surface area contributed by atoms with Gasteiger partial charge in [-0.25, -0.2) is 4.39 Å². The van der Waals surface area contributed by atoms with E-state index in [9.17, 15) is 14.3 Å². The van der Waals surface area contributed by atoms with Crippen LogP contribution in [0.1, 0.15) is 29.6 Å². The van der Waals surface area contributed by atoms with Crippen LogP contribution in [0, 0.1) is 17.7 Å². The lowest BCUT2D eigenvalue weighted by atomic mass is 9.98. The van der Waals surface area contributed by atoms with E-state index in [1.807, 2.05) is 0 Å². The molecule has 3 nitrogen and oxygen atoms in total. The number of carbonyl (C=O) groups excluding carboxylic acids is 1. The Balaban J connectivity index is 1.98. The number of halogens is 2. The maximum absolute atomic E-state index is 13.5. The average molecular weight is 286 g/mol. The minimum Gasteiger partial charge on any atom is -0.507 e. The molecule has 1 aromatic rings. The molecule has 0 spiro atoms. The predicted octanol–water partition coefficient (Wildman–Crippen LogP) is 2.92. The molecule has 0 bridgehead atoms. The normalized spacial score (nSPS) is 22.4. The molecule has 1 amide bonds. The number of alkyl halides is 1. The number of aromatic hydroxyl groups is 1. The highest BCUT2D eigenvalue weighted by molar-refractivity contribution is 6.18. The van der Waals surface area contributed by atoms with Crippen LogP contribution >= 0.6 is 11.6 Å². The Kier molecular flexibility index (Phi) is 4.64. The lowest BCUT2D eigenvalue weighted by Gasteiger charge is -2.17. The number of phenols is 1. The highest BCUT2D eigenvalue weighted by Gasteiger charge is 2.27. The molecule has 104 valence electrons. The molecule has 5 heteroatoms. The third-order valence-corrected chi connectivity index (χ3v) is 4.15. The summed E-state index contributed by atoms with van der Waals surface area (Å²) in [4.78, 5) is 11.9.